The molecule has 1 aromatic carbocycles. The number of aromatic nitrogens is 4. The van der Waals surface area contributed by atoms with Gasteiger partial charge in [0.15, 0.2) is 5.65 Å². The molecular formula is C22H18ClN5. The molecule has 5 nitrogen and oxygen atoms in total. The van der Waals surface area contributed by atoms with Crippen molar-refractivity contribution in [2.45, 2.75) is 6.42 Å². The second kappa shape index (κ2) is 7.66. The summed E-state index contributed by atoms with van der Waals surface area (Å²) in [7, 11) is 0. The molecular weight excluding hydrogens is 370 g/mol. The number of fused-ring (bicyclic) bond motifs is 2. The average Bonchev–Trinajstić information content (AvgIpc) is 3.09. The van der Waals surface area contributed by atoms with Gasteiger partial charge in [0, 0.05) is 28.6 Å². The van der Waals surface area contributed by atoms with E-state index in [4.69, 9.17) is 22.4 Å². The Hall–Kier alpha value is -3.44. The molecule has 0 saturated heterocycles. The topological polar surface area (TPSA) is 69.1 Å². The van der Waals surface area contributed by atoms with Crippen LogP contribution in [-0.2, 0) is 6.42 Å². The van der Waals surface area contributed by atoms with Crippen molar-refractivity contribution >= 4 is 33.7 Å². The third-order valence-electron chi connectivity index (χ3n) is 4.37. The van der Waals surface area contributed by atoms with Gasteiger partial charge in [-0.2, -0.15) is 5.10 Å². The maximum Gasteiger partial charge on any atom is 0.153 e. The fraction of sp³-hybridized carbons (Fsp3) is 0.0455. The number of nitrogens with two attached hydrogens (primary N) is 1. The van der Waals surface area contributed by atoms with E-state index in [1.54, 1.807) is 18.3 Å². The second-order valence-corrected chi connectivity index (χ2v) is 6.84. The first kappa shape index (κ1) is 17.9. The van der Waals surface area contributed by atoms with Crippen LogP contribution >= 0.6 is 11.6 Å². The highest BCUT2D eigenvalue weighted by atomic mass is 35.5. The number of allylic oxidation sites excluding steroid dienone is 4. The smallest absolute Gasteiger partial charge is 0.153 e. The van der Waals surface area contributed by atoms with Crippen molar-refractivity contribution in [3.8, 4) is 0 Å². The summed E-state index contributed by atoms with van der Waals surface area (Å²) in [5.74, 6) is 0. The molecule has 0 saturated carbocycles. The summed E-state index contributed by atoms with van der Waals surface area (Å²) in [6, 6.07) is 14.1. The Kier molecular flexibility index (Phi) is 4.91. The van der Waals surface area contributed by atoms with E-state index >= 15 is 0 Å². The van der Waals surface area contributed by atoms with Gasteiger partial charge in [-0.15, -0.1) is 0 Å². The predicted octanol–water partition coefficient (Wildman–Crippen LogP) is 4.48. The Morgan fingerprint density at radius 3 is 2.89 bits per heavy atom. The molecule has 3 heterocycles. The number of benzene rings is 1. The zero-order valence-corrected chi connectivity index (χ0v) is 15.8. The van der Waals surface area contributed by atoms with Crippen LogP contribution in [0.4, 0.5) is 0 Å². The Morgan fingerprint density at radius 1 is 1.18 bits per heavy atom. The van der Waals surface area contributed by atoms with Gasteiger partial charge < -0.3 is 5.73 Å². The van der Waals surface area contributed by atoms with Gasteiger partial charge >= 0.3 is 0 Å². The molecule has 0 atom stereocenters. The molecule has 0 spiro atoms. The number of rotatable bonds is 5. The Morgan fingerprint density at radius 2 is 2.07 bits per heavy atom. The molecule has 0 unspecified atom stereocenters. The lowest BCUT2D eigenvalue weighted by atomic mass is 10.1. The number of pyridine rings is 1. The minimum absolute atomic E-state index is 0.408. The van der Waals surface area contributed by atoms with E-state index < -0.39 is 0 Å². The van der Waals surface area contributed by atoms with E-state index in [9.17, 15) is 0 Å². The summed E-state index contributed by atoms with van der Waals surface area (Å²) >= 11 is 5.94. The molecule has 138 valence electrons. The summed E-state index contributed by atoms with van der Waals surface area (Å²) in [6.45, 7) is 3.72. The van der Waals surface area contributed by atoms with Crippen molar-refractivity contribution in [1.82, 2.24) is 19.6 Å². The van der Waals surface area contributed by atoms with Crippen LogP contribution < -0.4 is 5.73 Å². The summed E-state index contributed by atoms with van der Waals surface area (Å²) in [5.41, 5.74) is 11.0. The summed E-state index contributed by atoms with van der Waals surface area (Å²) in [4.78, 5) is 8.84. The Balaban J connectivity index is 1.74. The van der Waals surface area contributed by atoms with Crippen LogP contribution in [0, 0.1) is 0 Å². The van der Waals surface area contributed by atoms with Gasteiger partial charge in [0.25, 0.3) is 0 Å². The molecule has 4 aromatic rings. The third-order valence-corrected chi connectivity index (χ3v) is 4.48. The van der Waals surface area contributed by atoms with Gasteiger partial charge in [-0.05, 0) is 54.2 Å². The molecule has 4 rings (SSSR count). The largest absolute Gasteiger partial charge is 0.405 e. The summed E-state index contributed by atoms with van der Waals surface area (Å²) in [6.07, 6.45) is 9.28. The second-order valence-electron chi connectivity index (χ2n) is 6.35. The SMILES string of the molecule is C=C(Cl)/C=C(\C=C/N)c1ccc2ncc(Cc3ccc4ncccc4c3)n2n1. The summed E-state index contributed by atoms with van der Waals surface area (Å²) < 4.78 is 1.85. The first-order valence-electron chi connectivity index (χ1n) is 8.76. The van der Waals surface area contributed by atoms with E-state index in [-0.39, 0.29) is 0 Å². The third kappa shape index (κ3) is 3.66. The summed E-state index contributed by atoms with van der Waals surface area (Å²) in [5, 5.41) is 6.25. The van der Waals surface area contributed by atoms with Crippen molar-refractivity contribution in [1.29, 1.82) is 0 Å². The number of hydrogen-bond donors (Lipinski definition) is 1. The molecule has 2 N–H and O–H groups in total. The van der Waals surface area contributed by atoms with Crippen LogP contribution in [0.25, 0.3) is 22.1 Å². The van der Waals surface area contributed by atoms with Crippen LogP contribution in [-0.4, -0.2) is 19.6 Å². The van der Waals surface area contributed by atoms with Gasteiger partial charge in [-0.3, -0.25) is 4.98 Å². The quantitative estimate of drug-likeness (QED) is 0.513. The standard InChI is InChI=1S/C22H18ClN5/c1-15(23)11-18(8-9-24)21-6-7-22-26-14-19(28(22)27-21)13-16-4-5-20-17(12-16)3-2-10-25-20/h2-12,14H,1,13,24H2/b9-8-,18-11+. The van der Waals surface area contributed by atoms with Crippen molar-refractivity contribution < 1.29 is 0 Å². The monoisotopic (exact) mass is 387 g/mol. The first-order chi connectivity index (χ1) is 13.6. The molecule has 0 aliphatic rings. The molecule has 0 aliphatic carbocycles. The van der Waals surface area contributed by atoms with Crippen molar-refractivity contribution in [3.05, 3.63) is 102 Å². The number of nitrogens with zero attached hydrogens (tertiary/aromatic N) is 4. The zero-order valence-electron chi connectivity index (χ0n) is 15.1. The Bertz CT molecular complexity index is 1240. The van der Waals surface area contributed by atoms with Gasteiger partial charge in [-0.1, -0.05) is 30.3 Å². The normalized spacial score (nSPS) is 12.2. The van der Waals surface area contributed by atoms with Crippen molar-refractivity contribution in [2.75, 3.05) is 0 Å². The number of hydrogen-bond acceptors (Lipinski definition) is 4. The molecule has 3 aromatic heterocycles. The van der Waals surface area contributed by atoms with Gasteiger partial charge in [-0.25, -0.2) is 9.50 Å². The van der Waals surface area contributed by atoms with Crippen LogP contribution in [0.15, 0.2) is 84.8 Å². The van der Waals surface area contributed by atoms with E-state index in [1.165, 1.54) is 11.8 Å². The van der Waals surface area contributed by atoms with Crippen LogP contribution in [0.1, 0.15) is 17.0 Å². The van der Waals surface area contributed by atoms with Crippen LogP contribution in [0.2, 0.25) is 0 Å². The molecule has 0 radical (unpaired) electrons. The van der Waals surface area contributed by atoms with E-state index in [2.05, 4.69) is 34.7 Å². The lowest BCUT2D eigenvalue weighted by Gasteiger charge is -2.06. The first-order valence-corrected chi connectivity index (χ1v) is 9.14. The fourth-order valence-electron chi connectivity index (χ4n) is 3.12. The lowest BCUT2D eigenvalue weighted by Crippen LogP contribution is -2.02. The van der Waals surface area contributed by atoms with E-state index in [1.807, 2.05) is 35.0 Å². The minimum atomic E-state index is 0.408. The van der Waals surface area contributed by atoms with Crippen molar-refractivity contribution in [3.63, 3.8) is 0 Å². The van der Waals surface area contributed by atoms with Gasteiger partial charge in [0.05, 0.1) is 23.1 Å². The molecule has 0 fully saturated rings. The number of imidazole rings is 1. The number of halogens is 1. The molecule has 0 bridgehead atoms. The van der Waals surface area contributed by atoms with Crippen molar-refractivity contribution in [2.24, 2.45) is 5.73 Å². The Labute approximate surface area is 167 Å². The molecule has 6 heteroatoms. The highest BCUT2D eigenvalue weighted by Crippen LogP contribution is 2.20. The fourth-order valence-corrected chi connectivity index (χ4v) is 3.24. The zero-order chi connectivity index (χ0) is 19.5. The van der Waals surface area contributed by atoms with Gasteiger partial charge in [0.1, 0.15) is 0 Å². The van der Waals surface area contributed by atoms with Crippen LogP contribution in [0.3, 0.4) is 0 Å². The molecule has 0 amide bonds. The van der Waals surface area contributed by atoms with Gasteiger partial charge in [0.2, 0.25) is 0 Å². The maximum absolute atomic E-state index is 5.94. The predicted molar refractivity (Wildman–Crippen MR) is 114 cm³/mol. The highest BCUT2D eigenvalue weighted by Gasteiger charge is 2.09. The van der Waals surface area contributed by atoms with E-state index in [0.29, 0.717) is 11.5 Å². The molecule has 0 aliphatic heterocycles. The van der Waals surface area contributed by atoms with Crippen LogP contribution in [0.5, 0.6) is 0 Å². The van der Waals surface area contributed by atoms with E-state index in [0.717, 1.165) is 33.5 Å². The molecule has 28 heavy (non-hydrogen) atoms. The lowest BCUT2D eigenvalue weighted by molar-refractivity contribution is 0.862. The minimum Gasteiger partial charge on any atom is -0.405 e. The maximum atomic E-state index is 5.94. The average molecular weight is 388 g/mol. The highest BCUT2D eigenvalue weighted by molar-refractivity contribution is 6.31.